The molecule has 6 heteroatoms. The first-order valence-corrected chi connectivity index (χ1v) is 9.26. The monoisotopic (exact) mass is 381 g/mol. The molecule has 0 aliphatic rings. The average Bonchev–Trinajstić information content (AvgIpc) is 3.27. The number of fused-ring (bicyclic) bond motifs is 1. The van der Waals surface area contributed by atoms with E-state index in [9.17, 15) is 0 Å². The van der Waals surface area contributed by atoms with E-state index < -0.39 is 0 Å². The molecule has 0 saturated heterocycles. The van der Waals surface area contributed by atoms with Gasteiger partial charge in [-0.25, -0.2) is 4.98 Å². The molecule has 0 saturated carbocycles. The lowest BCUT2D eigenvalue weighted by molar-refractivity contribution is 0.268. The van der Waals surface area contributed by atoms with Crippen LogP contribution >= 0.6 is 11.6 Å². The van der Waals surface area contributed by atoms with Crippen LogP contribution in [0.15, 0.2) is 53.2 Å². The summed E-state index contributed by atoms with van der Waals surface area (Å²) in [5.74, 6) is 3.48. The number of nitrogens with zero attached hydrogens (tertiary/aromatic N) is 2. The number of hydrogen-bond donors (Lipinski definition) is 1. The number of aromatic amines is 1. The van der Waals surface area contributed by atoms with Crippen molar-refractivity contribution >= 4 is 22.6 Å². The van der Waals surface area contributed by atoms with E-state index in [0.29, 0.717) is 35.6 Å². The lowest BCUT2D eigenvalue weighted by Crippen LogP contribution is -2.06. The van der Waals surface area contributed by atoms with Gasteiger partial charge in [-0.05, 0) is 42.3 Å². The molecular weight excluding hydrogens is 362 g/mol. The first kappa shape index (κ1) is 17.6. The predicted molar refractivity (Wildman–Crippen MR) is 106 cm³/mol. The standard InChI is InChI=1S/C21H20ClN3O2/c1-13(2)12-26-19-5-3-15(22)9-14(19)10-16-4-6-20(27-16)21-24-17-7-8-23-11-18(17)25-21/h3-9,11,13H,10,12H2,1-2H3,(H,24,25). The second-order valence-corrected chi connectivity index (χ2v) is 7.31. The third-order valence-electron chi connectivity index (χ3n) is 4.14. The summed E-state index contributed by atoms with van der Waals surface area (Å²) in [7, 11) is 0. The molecule has 0 radical (unpaired) electrons. The molecule has 0 unspecified atom stereocenters. The Balaban J connectivity index is 1.58. The third kappa shape index (κ3) is 3.98. The predicted octanol–water partition coefficient (Wildman–Crippen LogP) is 5.50. The van der Waals surface area contributed by atoms with Gasteiger partial charge < -0.3 is 14.1 Å². The maximum atomic E-state index is 6.18. The number of ether oxygens (including phenoxy) is 1. The van der Waals surface area contributed by atoms with Crippen LogP contribution in [0.2, 0.25) is 5.02 Å². The summed E-state index contributed by atoms with van der Waals surface area (Å²) in [5, 5.41) is 0.679. The molecular formula is C21H20ClN3O2. The number of aromatic nitrogens is 3. The van der Waals surface area contributed by atoms with Gasteiger partial charge in [-0.1, -0.05) is 25.4 Å². The van der Waals surface area contributed by atoms with E-state index in [1.165, 1.54) is 0 Å². The van der Waals surface area contributed by atoms with Crippen molar-refractivity contribution < 1.29 is 9.15 Å². The Morgan fingerprint density at radius 3 is 2.89 bits per heavy atom. The van der Waals surface area contributed by atoms with Crippen molar-refractivity contribution in [3.05, 3.63) is 65.1 Å². The van der Waals surface area contributed by atoms with Crippen molar-refractivity contribution in [2.45, 2.75) is 20.3 Å². The molecule has 0 bridgehead atoms. The number of H-pyrrole nitrogens is 1. The van der Waals surface area contributed by atoms with Crippen molar-refractivity contribution in [2.24, 2.45) is 5.92 Å². The average molecular weight is 382 g/mol. The summed E-state index contributed by atoms with van der Waals surface area (Å²) in [6, 6.07) is 11.4. The zero-order chi connectivity index (χ0) is 18.8. The summed E-state index contributed by atoms with van der Waals surface area (Å²) in [6.07, 6.45) is 4.05. The minimum atomic E-state index is 0.450. The lowest BCUT2D eigenvalue weighted by atomic mass is 10.1. The van der Waals surface area contributed by atoms with Crippen molar-refractivity contribution in [1.29, 1.82) is 0 Å². The SMILES string of the molecule is CC(C)COc1ccc(Cl)cc1Cc1ccc(-c2nc3cnccc3[nH]2)o1. The van der Waals surface area contributed by atoms with Crippen molar-refractivity contribution in [2.75, 3.05) is 6.61 Å². The Kier molecular flexibility index (Phi) is 4.86. The second-order valence-electron chi connectivity index (χ2n) is 6.88. The maximum Gasteiger partial charge on any atom is 0.174 e. The van der Waals surface area contributed by atoms with Gasteiger partial charge in [0.15, 0.2) is 11.6 Å². The lowest BCUT2D eigenvalue weighted by Gasteiger charge is -2.13. The Bertz CT molecular complexity index is 1040. The van der Waals surface area contributed by atoms with E-state index in [-0.39, 0.29) is 0 Å². The van der Waals surface area contributed by atoms with Crippen LogP contribution in [0.5, 0.6) is 5.75 Å². The van der Waals surface area contributed by atoms with Crippen LogP contribution in [0, 0.1) is 5.92 Å². The number of hydrogen-bond acceptors (Lipinski definition) is 4. The highest BCUT2D eigenvalue weighted by Gasteiger charge is 2.13. The van der Waals surface area contributed by atoms with Crippen LogP contribution < -0.4 is 4.74 Å². The Morgan fingerprint density at radius 1 is 1.19 bits per heavy atom. The quantitative estimate of drug-likeness (QED) is 0.479. The number of nitrogens with one attached hydrogen (secondary N) is 1. The fourth-order valence-electron chi connectivity index (χ4n) is 2.84. The molecule has 0 amide bonds. The van der Waals surface area contributed by atoms with Crippen LogP contribution in [0.4, 0.5) is 0 Å². The molecule has 3 heterocycles. The van der Waals surface area contributed by atoms with Gasteiger partial charge in [0.2, 0.25) is 0 Å². The molecule has 0 atom stereocenters. The van der Waals surface area contributed by atoms with E-state index in [1.807, 2.05) is 36.4 Å². The highest BCUT2D eigenvalue weighted by molar-refractivity contribution is 6.30. The molecule has 4 rings (SSSR count). The van der Waals surface area contributed by atoms with Crippen molar-refractivity contribution in [1.82, 2.24) is 15.0 Å². The molecule has 1 N–H and O–H groups in total. The molecule has 0 aliphatic carbocycles. The Hall–Kier alpha value is -2.79. The van der Waals surface area contributed by atoms with Gasteiger partial charge in [0.25, 0.3) is 0 Å². The zero-order valence-electron chi connectivity index (χ0n) is 15.2. The first-order valence-electron chi connectivity index (χ1n) is 8.88. The van der Waals surface area contributed by atoms with E-state index in [0.717, 1.165) is 28.1 Å². The van der Waals surface area contributed by atoms with E-state index in [4.69, 9.17) is 20.8 Å². The van der Waals surface area contributed by atoms with Crippen LogP contribution in [-0.2, 0) is 6.42 Å². The van der Waals surface area contributed by atoms with Gasteiger partial charge in [0.1, 0.15) is 17.0 Å². The van der Waals surface area contributed by atoms with Gasteiger partial charge in [-0.15, -0.1) is 0 Å². The first-order chi connectivity index (χ1) is 13.1. The van der Waals surface area contributed by atoms with Crippen LogP contribution in [0.3, 0.4) is 0 Å². The van der Waals surface area contributed by atoms with Crippen molar-refractivity contribution in [3.8, 4) is 17.3 Å². The minimum Gasteiger partial charge on any atom is -0.493 e. The number of rotatable bonds is 6. The third-order valence-corrected chi connectivity index (χ3v) is 4.37. The molecule has 138 valence electrons. The summed E-state index contributed by atoms with van der Waals surface area (Å²) < 4.78 is 11.9. The van der Waals surface area contributed by atoms with Crippen LogP contribution in [-0.4, -0.2) is 21.6 Å². The topological polar surface area (TPSA) is 63.9 Å². The molecule has 0 spiro atoms. The largest absolute Gasteiger partial charge is 0.493 e. The van der Waals surface area contributed by atoms with E-state index in [2.05, 4.69) is 28.8 Å². The van der Waals surface area contributed by atoms with Crippen molar-refractivity contribution in [3.63, 3.8) is 0 Å². The summed E-state index contributed by atoms with van der Waals surface area (Å²) >= 11 is 6.18. The molecule has 1 aromatic carbocycles. The molecule has 27 heavy (non-hydrogen) atoms. The fourth-order valence-corrected chi connectivity index (χ4v) is 3.04. The van der Waals surface area contributed by atoms with Gasteiger partial charge in [0.05, 0.1) is 18.3 Å². The smallest absolute Gasteiger partial charge is 0.174 e. The Labute approximate surface area is 162 Å². The number of furan rings is 1. The number of benzene rings is 1. The van der Waals surface area contributed by atoms with Crippen LogP contribution in [0.1, 0.15) is 25.2 Å². The zero-order valence-corrected chi connectivity index (χ0v) is 16.0. The summed E-state index contributed by atoms with van der Waals surface area (Å²) in [4.78, 5) is 11.9. The number of imidazole rings is 1. The normalized spacial score (nSPS) is 11.4. The molecule has 0 fully saturated rings. The highest BCUT2D eigenvalue weighted by atomic mass is 35.5. The van der Waals surface area contributed by atoms with Gasteiger partial charge in [-0.2, -0.15) is 0 Å². The molecule has 5 nitrogen and oxygen atoms in total. The fraction of sp³-hybridized carbons (Fsp3) is 0.238. The van der Waals surface area contributed by atoms with E-state index >= 15 is 0 Å². The second kappa shape index (κ2) is 7.45. The maximum absolute atomic E-state index is 6.18. The number of pyridine rings is 1. The molecule has 4 aromatic rings. The molecule has 3 aromatic heterocycles. The van der Waals surface area contributed by atoms with Crippen LogP contribution in [0.25, 0.3) is 22.6 Å². The van der Waals surface area contributed by atoms with Gasteiger partial charge in [-0.3, -0.25) is 4.98 Å². The Morgan fingerprint density at radius 2 is 2.07 bits per heavy atom. The molecule has 0 aliphatic heterocycles. The van der Waals surface area contributed by atoms with E-state index in [1.54, 1.807) is 12.4 Å². The summed E-state index contributed by atoms with van der Waals surface area (Å²) in [6.45, 7) is 4.90. The van der Waals surface area contributed by atoms with Gasteiger partial charge in [0, 0.05) is 23.2 Å². The highest BCUT2D eigenvalue weighted by Crippen LogP contribution is 2.28. The number of halogens is 1. The van der Waals surface area contributed by atoms with Gasteiger partial charge >= 0.3 is 0 Å². The summed E-state index contributed by atoms with van der Waals surface area (Å²) in [5.41, 5.74) is 2.74. The minimum absolute atomic E-state index is 0.450.